The van der Waals surface area contributed by atoms with Crippen molar-refractivity contribution < 1.29 is 9.47 Å². The van der Waals surface area contributed by atoms with Crippen molar-refractivity contribution in [3.05, 3.63) is 9.75 Å². The predicted molar refractivity (Wildman–Crippen MR) is 84.1 cm³/mol. The molecule has 0 spiro atoms. The highest BCUT2D eigenvalue weighted by atomic mass is 32.1. The van der Waals surface area contributed by atoms with Gasteiger partial charge in [0.05, 0.1) is 24.0 Å². The molecule has 1 heterocycles. The number of methoxy groups -OCH3 is 2. The van der Waals surface area contributed by atoms with Gasteiger partial charge in [-0.2, -0.15) is 0 Å². The minimum Gasteiger partial charge on any atom is -0.492 e. The van der Waals surface area contributed by atoms with Crippen molar-refractivity contribution >= 4 is 11.3 Å². The molecule has 3 heteroatoms. The Morgan fingerprint density at radius 1 is 0.789 bits per heavy atom. The van der Waals surface area contributed by atoms with Crippen LogP contribution in [-0.4, -0.2) is 14.2 Å². The second kappa shape index (κ2) is 5.74. The van der Waals surface area contributed by atoms with Crippen molar-refractivity contribution in [2.45, 2.75) is 65.2 Å². The number of hydrogen-bond acceptors (Lipinski definition) is 3. The van der Waals surface area contributed by atoms with Crippen LogP contribution in [0.25, 0.3) is 0 Å². The van der Waals surface area contributed by atoms with Crippen LogP contribution in [0.1, 0.15) is 64.1 Å². The van der Waals surface area contributed by atoms with Crippen molar-refractivity contribution in [3.8, 4) is 11.5 Å². The van der Waals surface area contributed by atoms with Gasteiger partial charge in [-0.3, -0.25) is 0 Å². The smallest absolute Gasteiger partial charge is 0.175 e. The van der Waals surface area contributed by atoms with Crippen molar-refractivity contribution in [2.75, 3.05) is 14.2 Å². The molecular weight excluding hydrogens is 256 g/mol. The fourth-order valence-electron chi connectivity index (χ4n) is 1.98. The Morgan fingerprint density at radius 2 is 1.11 bits per heavy atom. The second-order valence-corrected chi connectivity index (χ2v) is 7.32. The van der Waals surface area contributed by atoms with E-state index in [1.165, 1.54) is 9.75 Å². The quantitative estimate of drug-likeness (QED) is 0.720. The van der Waals surface area contributed by atoms with Crippen LogP contribution < -0.4 is 9.47 Å². The Labute approximate surface area is 122 Å². The highest BCUT2D eigenvalue weighted by molar-refractivity contribution is 7.13. The molecule has 2 nitrogen and oxygen atoms in total. The molecule has 0 radical (unpaired) electrons. The molecule has 0 aliphatic heterocycles. The summed E-state index contributed by atoms with van der Waals surface area (Å²) >= 11 is 1.85. The second-order valence-electron chi connectivity index (χ2n) is 6.30. The van der Waals surface area contributed by atoms with E-state index < -0.39 is 0 Å². The number of ether oxygens (including phenoxy) is 2. The molecule has 0 unspecified atom stereocenters. The molecular formula is C16H28O2S. The summed E-state index contributed by atoms with van der Waals surface area (Å²) in [5.41, 5.74) is 0.233. The number of thiophene rings is 1. The first-order chi connectivity index (χ1) is 8.75. The Balaban J connectivity index is 3.52. The summed E-state index contributed by atoms with van der Waals surface area (Å²) in [5.74, 6) is 1.85. The topological polar surface area (TPSA) is 18.5 Å². The lowest BCUT2D eigenvalue weighted by atomic mass is 9.86. The highest BCUT2D eigenvalue weighted by Crippen LogP contribution is 2.52. The minimum absolute atomic E-state index is 0.116. The van der Waals surface area contributed by atoms with E-state index in [1.54, 1.807) is 14.2 Å². The average molecular weight is 284 g/mol. The maximum atomic E-state index is 5.66. The van der Waals surface area contributed by atoms with Crippen molar-refractivity contribution in [1.82, 2.24) is 0 Å². The summed E-state index contributed by atoms with van der Waals surface area (Å²) in [5, 5.41) is 0. The van der Waals surface area contributed by atoms with Crippen LogP contribution in [0, 0.1) is 0 Å². The highest BCUT2D eigenvalue weighted by Gasteiger charge is 2.35. The normalized spacial score (nSPS) is 12.6. The molecule has 0 aliphatic rings. The van der Waals surface area contributed by atoms with Crippen LogP contribution in [0.3, 0.4) is 0 Å². The predicted octanol–water partition coefficient (Wildman–Crippen LogP) is 5.14. The summed E-state index contributed by atoms with van der Waals surface area (Å²) in [6.45, 7) is 13.5. The fraction of sp³-hybridized carbons (Fsp3) is 0.750. The van der Waals surface area contributed by atoms with Gasteiger partial charge < -0.3 is 9.47 Å². The summed E-state index contributed by atoms with van der Waals surface area (Å²) < 4.78 is 11.3. The zero-order valence-electron chi connectivity index (χ0n) is 13.6. The largest absolute Gasteiger partial charge is 0.492 e. The lowest BCUT2D eigenvalue weighted by Gasteiger charge is -2.23. The SMILES string of the molecule is CCC(C)(C)c1sc(C(C)(C)CC)c(OC)c1OC. The van der Waals surface area contributed by atoms with Gasteiger partial charge in [-0.25, -0.2) is 0 Å². The maximum absolute atomic E-state index is 5.66. The Hall–Kier alpha value is -0.700. The molecule has 0 saturated carbocycles. The lowest BCUT2D eigenvalue weighted by molar-refractivity contribution is 0.339. The summed E-state index contributed by atoms with van der Waals surface area (Å²) in [4.78, 5) is 2.59. The summed E-state index contributed by atoms with van der Waals surface area (Å²) in [6, 6.07) is 0. The van der Waals surface area contributed by atoms with E-state index in [0.29, 0.717) is 0 Å². The molecule has 1 aromatic heterocycles. The zero-order chi connectivity index (χ0) is 14.8. The Morgan fingerprint density at radius 3 is 1.32 bits per heavy atom. The first-order valence-electron chi connectivity index (χ1n) is 7.00. The molecule has 19 heavy (non-hydrogen) atoms. The van der Waals surface area contributed by atoms with Crippen LogP contribution in [-0.2, 0) is 10.8 Å². The zero-order valence-corrected chi connectivity index (χ0v) is 14.5. The third-order valence-corrected chi connectivity index (χ3v) is 6.11. The maximum Gasteiger partial charge on any atom is 0.175 e. The Bertz CT molecular complexity index is 392. The molecule has 1 rings (SSSR count). The van der Waals surface area contributed by atoms with Crippen molar-refractivity contribution in [1.29, 1.82) is 0 Å². The van der Waals surface area contributed by atoms with Gasteiger partial charge in [0.1, 0.15) is 0 Å². The van der Waals surface area contributed by atoms with E-state index in [-0.39, 0.29) is 10.8 Å². The third kappa shape index (κ3) is 2.91. The molecule has 0 aromatic carbocycles. The van der Waals surface area contributed by atoms with E-state index in [0.717, 1.165) is 24.3 Å². The van der Waals surface area contributed by atoms with Crippen LogP contribution in [0.5, 0.6) is 11.5 Å². The molecule has 0 amide bonds. The number of rotatable bonds is 6. The molecule has 0 fully saturated rings. The minimum atomic E-state index is 0.116. The van der Waals surface area contributed by atoms with Gasteiger partial charge in [0.15, 0.2) is 11.5 Å². The van der Waals surface area contributed by atoms with E-state index in [4.69, 9.17) is 9.47 Å². The monoisotopic (exact) mass is 284 g/mol. The Kier molecular flexibility index (Phi) is 4.94. The van der Waals surface area contributed by atoms with Crippen molar-refractivity contribution in [3.63, 3.8) is 0 Å². The molecule has 0 N–H and O–H groups in total. The van der Waals surface area contributed by atoms with Gasteiger partial charge in [-0.1, -0.05) is 41.5 Å². The first-order valence-corrected chi connectivity index (χ1v) is 7.82. The van der Waals surface area contributed by atoms with Gasteiger partial charge in [0.25, 0.3) is 0 Å². The standard InChI is InChI=1S/C16H28O2S/c1-9-15(3,4)13-11(17-7)12(18-8)14(19-13)16(5,6)10-2/h9-10H2,1-8H3. The molecule has 110 valence electrons. The summed E-state index contributed by atoms with van der Waals surface area (Å²) in [7, 11) is 3.48. The van der Waals surface area contributed by atoms with Crippen LogP contribution in [0.2, 0.25) is 0 Å². The van der Waals surface area contributed by atoms with E-state index in [2.05, 4.69) is 41.5 Å². The summed E-state index contributed by atoms with van der Waals surface area (Å²) in [6.07, 6.45) is 2.16. The van der Waals surface area contributed by atoms with Crippen LogP contribution in [0.4, 0.5) is 0 Å². The molecule has 1 aromatic rings. The molecule has 0 aliphatic carbocycles. The van der Waals surface area contributed by atoms with Gasteiger partial charge >= 0.3 is 0 Å². The fourth-order valence-corrected chi connectivity index (χ4v) is 3.57. The molecule has 0 atom stereocenters. The van der Waals surface area contributed by atoms with Gasteiger partial charge in [0, 0.05) is 10.8 Å². The number of hydrogen-bond donors (Lipinski definition) is 0. The molecule has 0 bridgehead atoms. The molecule has 0 saturated heterocycles. The van der Waals surface area contributed by atoms with Gasteiger partial charge in [-0.15, -0.1) is 11.3 Å². The van der Waals surface area contributed by atoms with Gasteiger partial charge in [0.2, 0.25) is 0 Å². The third-order valence-electron chi connectivity index (χ3n) is 4.23. The lowest BCUT2D eigenvalue weighted by Crippen LogP contribution is -2.15. The van der Waals surface area contributed by atoms with Crippen LogP contribution in [0.15, 0.2) is 0 Å². The average Bonchev–Trinajstić information content (AvgIpc) is 2.78. The first kappa shape index (κ1) is 16.4. The van der Waals surface area contributed by atoms with Crippen LogP contribution >= 0.6 is 11.3 Å². The van der Waals surface area contributed by atoms with E-state index in [9.17, 15) is 0 Å². The van der Waals surface area contributed by atoms with E-state index in [1.807, 2.05) is 11.3 Å². The van der Waals surface area contributed by atoms with Gasteiger partial charge in [-0.05, 0) is 12.8 Å². The van der Waals surface area contributed by atoms with E-state index >= 15 is 0 Å². The van der Waals surface area contributed by atoms with Crippen molar-refractivity contribution in [2.24, 2.45) is 0 Å².